The van der Waals surface area contributed by atoms with Crippen LogP contribution in [0, 0.1) is 13.0 Å². The molecule has 0 aliphatic rings. The summed E-state index contributed by atoms with van der Waals surface area (Å²) in [5.74, 6) is 0.843. The normalized spacial score (nSPS) is 7.57. The van der Waals surface area contributed by atoms with E-state index in [1.165, 1.54) is 0 Å². The molecule has 2 heteroatoms. The summed E-state index contributed by atoms with van der Waals surface area (Å²) in [6, 6.07) is 4.58. The minimum Gasteiger partial charge on any atom is -0.573 e. The van der Waals surface area contributed by atoms with Crippen molar-refractivity contribution in [3.63, 3.8) is 0 Å². The van der Waals surface area contributed by atoms with Gasteiger partial charge in [0.25, 0.3) is 0 Å². The van der Waals surface area contributed by atoms with E-state index in [4.69, 9.17) is 4.42 Å². The van der Waals surface area contributed by atoms with Gasteiger partial charge in [-0.15, -0.1) is 0 Å². The fourth-order valence-electron chi connectivity index (χ4n) is 0.321. The summed E-state index contributed by atoms with van der Waals surface area (Å²) in [4.78, 5) is 0. The van der Waals surface area contributed by atoms with Crippen LogP contribution in [0.5, 0.6) is 0 Å². The molecule has 0 saturated heterocycles. The van der Waals surface area contributed by atoms with Crippen molar-refractivity contribution in [2.24, 2.45) is 0 Å². The van der Waals surface area contributed by atoms with Crippen LogP contribution in [-0.4, -0.2) is 0 Å². The molecule has 1 rings (SSSR count). The molecule has 1 heterocycles. The van der Waals surface area contributed by atoms with Crippen molar-refractivity contribution in [3.8, 4) is 0 Å². The van der Waals surface area contributed by atoms with Gasteiger partial charge in [-0.05, 0) is 12.7 Å². The summed E-state index contributed by atoms with van der Waals surface area (Å²) in [5.41, 5.74) is 0. The summed E-state index contributed by atoms with van der Waals surface area (Å²) in [6.07, 6.45) is 1.61. The maximum absolute atomic E-state index is 4.78. The fraction of sp³-hybridized carbons (Fsp3) is 0.200. The molecule has 0 aliphatic heterocycles. The van der Waals surface area contributed by atoms with Crippen LogP contribution >= 0.6 is 0 Å². The zero-order chi connectivity index (χ0) is 4.41. The number of rotatable bonds is 0. The molecule has 0 saturated carbocycles. The van der Waals surface area contributed by atoms with E-state index in [2.05, 4.69) is 6.07 Å². The van der Waals surface area contributed by atoms with Gasteiger partial charge in [-0.1, -0.05) is 6.26 Å². The van der Waals surface area contributed by atoms with E-state index in [1.807, 2.05) is 6.92 Å². The Kier molecular flexibility index (Phi) is 2.89. The largest absolute Gasteiger partial charge is 0.573 e. The maximum atomic E-state index is 4.78. The van der Waals surface area contributed by atoms with Gasteiger partial charge in [0, 0.05) is 18.6 Å². The molecule has 37 valence electrons. The van der Waals surface area contributed by atoms with Crippen LogP contribution in [-0.2, 0) is 18.6 Å². The van der Waals surface area contributed by atoms with Crippen molar-refractivity contribution >= 4 is 0 Å². The first-order valence-corrected chi connectivity index (χ1v) is 1.81. The summed E-state index contributed by atoms with van der Waals surface area (Å²) < 4.78 is 4.78. The minimum atomic E-state index is 0. The van der Waals surface area contributed by atoms with Crippen molar-refractivity contribution in [2.75, 3.05) is 0 Å². The molecule has 0 atom stereocenters. The smallest absolute Gasteiger partial charge is 0 e. The number of hydrogen-bond donors (Lipinski definition) is 0. The van der Waals surface area contributed by atoms with Crippen molar-refractivity contribution in [1.82, 2.24) is 0 Å². The maximum Gasteiger partial charge on any atom is 0 e. The van der Waals surface area contributed by atoms with Crippen LogP contribution in [0.3, 0.4) is 0 Å². The minimum absolute atomic E-state index is 0. The van der Waals surface area contributed by atoms with Crippen molar-refractivity contribution in [2.45, 2.75) is 6.92 Å². The van der Waals surface area contributed by atoms with E-state index in [0.717, 1.165) is 5.76 Å². The Hall–Kier alpha value is -0.136. The van der Waals surface area contributed by atoms with Gasteiger partial charge in [-0.3, -0.25) is 0 Å². The van der Waals surface area contributed by atoms with Gasteiger partial charge in [-0.25, -0.2) is 6.07 Å². The topological polar surface area (TPSA) is 13.1 Å². The van der Waals surface area contributed by atoms with E-state index >= 15 is 0 Å². The molecule has 1 aromatic rings. The van der Waals surface area contributed by atoms with E-state index < -0.39 is 0 Å². The molecule has 0 bridgehead atoms. The van der Waals surface area contributed by atoms with Gasteiger partial charge in [0.2, 0.25) is 0 Å². The SMILES string of the molecule is Cc1[c-]cco1.[V]. The number of furan rings is 1. The molecule has 1 nitrogen and oxygen atoms in total. The first kappa shape index (κ1) is 6.86. The summed E-state index contributed by atoms with van der Waals surface area (Å²) >= 11 is 0. The third-order valence-corrected chi connectivity index (χ3v) is 0.599. The van der Waals surface area contributed by atoms with Gasteiger partial charge in [0.05, 0.1) is 0 Å². The first-order chi connectivity index (χ1) is 2.89. The van der Waals surface area contributed by atoms with Crippen molar-refractivity contribution < 1.29 is 23.0 Å². The Bertz CT molecular complexity index is 112. The second-order valence-corrected chi connectivity index (χ2v) is 1.12. The molecule has 7 heavy (non-hydrogen) atoms. The Labute approximate surface area is 54.6 Å². The molecule has 0 aromatic carbocycles. The molecule has 0 fully saturated rings. The Balaban J connectivity index is 0.000000360. The molecule has 0 N–H and O–H groups in total. The predicted molar refractivity (Wildman–Crippen MR) is 22.3 cm³/mol. The third-order valence-electron chi connectivity index (χ3n) is 0.599. The van der Waals surface area contributed by atoms with Crippen LogP contribution in [0.25, 0.3) is 0 Å². The summed E-state index contributed by atoms with van der Waals surface area (Å²) in [5, 5.41) is 0. The van der Waals surface area contributed by atoms with Gasteiger partial charge in [-0.2, -0.15) is 6.07 Å². The molecular weight excluding hydrogens is 127 g/mol. The molecule has 1 aromatic heterocycles. The summed E-state index contributed by atoms with van der Waals surface area (Å²) in [6.45, 7) is 1.86. The van der Waals surface area contributed by atoms with Crippen LogP contribution in [0.15, 0.2) is 16.7 Å². The zero-order valence-corrected chi connectivity index (χ0v) is 5.41. The van der Waals surface area contributed by atoms with E-state index in [0.29, 0.717) is 0 Å². The fourth-order valence-corrected chi connectivity index (χ4v) is 0.321. The van der Waals surface area contributed by atoms with Gasteiger partial charge in [0.15, 0.2) is 0 Å². The van der Waals surface area contributed by atoms with E-state index in [9.17, 15) is 0 Å². The quantitative estimate of drug-likeness (QED) is 0.486. The first-order valence-electron chi connectivity index (χ1n) is 1.81. The van der Waals surface area contributed by atoms with Crippen LogP contribution in [0.2, 0.25) is 0 Å². The molecule has 0 spiro atoms. The van der Waals surface area contributed by atoms with Crippen molar-refractivity contribution in [3.05, 3.63) is 24.2 Å². The number of aryl methyl sites for hydroxylation is 1. The standard InChI is InChI=1S/C5H5O.V/c1-5-3-2-4-6-5;/h2,4H,1H3;/q-1;. The van der Waals surface area contributed by atoms with Crippen LogP contribution < -0.4 is 0 Å². The van der Waals surface area contributed by atoms with Crippen LogP contribution in [0.4, 0.5) is 0 Å². The third kappa shape index (κ3) is 1.86. The average molecular weight is 132 g/mol. The Morgan fingerprint density at radius 3 is 2.57 bits per heavy atom. The number of hydrogen-bond acceptors (Lipinski definition) is 1. The molecule has 0 amide bonds. The predicted octanol–water partition coefficient (Wildman–Crippen LogP) is 1.39. The van der Waals surface area contributed by atoms with E-state index in [-0.39, 0.29) is 18.6 Å². The van der Waals surface area contributed by atoms with Crippen LogP contribution in [0.1, 0.15) is 5.76 Å². The Morgan fingerprint density at radius 2 is 2.43 bits per heavy atom. The average Bonchev–Trinajstić information content (AvgIpc) is 1.86. The monoisotopic (exact) mass is 132 g/mol. The Morgan fingerprint density at radius 1 is 1.71 bits per heavy atom. The van der Waals surface area contributed by atoms with Crippen molar-refractivity contribution in [1.29, 1.82) is 0 Å². The summed E-state index contributed by atoms with van der Waals surface area (Å²) in [7, 11) is 0. The second kappa shape index (κ2) is 2.94. The molecule has 0 aliphatic carbocycles. The molecular formula is C5H5OV-. The zero-order valence-electron chi connectivity index (χ0n) is 4.01. The van der Waals surface area contributed by atoms with Gasteiger partial charge >= 0.3 is 0 Å². The van der Waals surface area contributed by atoms with Gasteiger partial charge in [0.1, 0.15) is 0 Å². The molecule has 0 unspecified atom stereocenters. The second-order valence-electron chi connectivity index (χ2n) is 1.12. The van der Waals surface area contributed by atoms with E-state index in [1.54, 1.807) is 12.3 Å². The molecule has 1 radical (unpaired) electrons. The van der Waals surface area contributed by atoms with Gasteiger partial charge < -0.3 is 4.42 Å².